The zero-order chi connectivity index (χ0) is 9.61. The molecule has 1 rings (SSSR count). The van der Waals surface area contributed by atoms with Gasteiger partial charge < -0.3 is 5.32 Å². The van der Waals surface area contributed by atoms with Crippen LogP contribution in [0, 0.1) is 0 Å². The van der Waals surface area contributed by atoms with Gasteiger partial charge in [0.05, 0.1) is 11.5 Å². The van der Waals surface area contributed by atoms with E-state index in [4.69, 9.17) is 4.79 Å². The summed E-state index contributed by atoms with van der Waals surface area (Å²) < 4.78 is 20.3. The van der Waals surface area contributed by atoms with Crippen molar-refractivity contribution in [1.82, 2.24) is 5.32 Å². The van der Waals surface area contributed by atoms with Crippen LogP contribution in [0.25, 0.3) is 0 Å². The van der Waals surface area contributed by atoms with Gasteiger partial charge in [-0.25, -0.2) is 8.42 Å². The molecule has 7 heteroatoms. The van der Waals surface area contributed by atoms with Crippen molar-refractivity contribution in [3.63, 3.8) is 0 Å². The summed E-state index contributed by atoms with van der Waals surface area (Å²) in [7, 11) is -2.65. The third-order valence-corrected chi connectivity index (χ3v) is 2.83. The van der Waals surface area contributed by atoms with Gasteiger partial charge in [-0.05, 0) is 23.2 Å². The van der Waals surface area contributed by atoms with Crippen LogP contribution >= 0.6 is 23.2 Å². The summed E-state index contributed by atoms with van der Waals surface area (Å²) in [6.45, 7) is 1.25. The number of hydrogen-bond acceptors (Lipinski definition) is 4. The third kappa shape index (κ3) is 8.26. The molecule has 0 aliphatic carbocycles. The fourth-order valence-electron chi connectivity index (χ4n) is 0.682. The zero-order valence-electron chi connectivity index (χ0n) is 6.22. The van der Waals surface area contributed by atoms with E-state index < -0.39 is 14.5 Å². The Labute approximate surface area is 81.1 Å². The van der Waals surface area contributed by atoms with E-state index in [0.29, 0.717) is 24.6 Å². The number of carbonyl (C=O) groups excluding carboxylic acids is 1. The summed E-state index contributed by atoms with van der Waals surface area (Å²) in [4.78, 5) is 8.98. The monoisotopic (exact) mass is 233 g/mol. The quantitative estimate of drug-likeness (QED) is 0.623. The van der Waals surface area contributed by atoms with Crippen LogP contribution in [0.4, 0.5) is 4.79 Å². The first kappa shape index (κ1) is 12.2. The van der Waals surface area contributed by atoms with Crippen LogP contribution in [0.1, 0.15) is 0 Å². The minimum atomic E-state index is -2.65. The maximum atomic E-state index is 10.6. The minimum absolute atomic E-state index is 0.312. The molecule has 0 amide bonds. The predicted octanol–water partition coefficient (Wildman–Crippen LogP) is 0.588. The van der Waals surface area contributed by atoms with Crippen molar-refractivity contribution in [2.75, 3.05) is 24.6 Å². The lowest BCUT2D eigenvalue weighted by atomic mass is 10.6. The molecule has 4 nitrogen and oxygen atoms in total. The second-order valence-electron chi connectivity index (χ2n) is 2.13. The summed E-state index contributed by atoms with van der Waals surface area (Å²) in [5.74, 6) is 0.625. The van der Waals surface area contributed by atoms with Crippen LogP contribution in [-0.4, -0.2) is 37.7 Å². The van der Waals surface area contributed by atoms with Crippen LogP contribution in [0.3, 0.4) is 0 Å². The Hall–Kier alpha value is 0.160. The summed E-state index contributed by atoms with van der Waals surface area (Å²) in [6.07, 6.45) is 0. The molecule has 0 bridgehead atoms. The Bertz CT molecular complexity index is 223. The molecule has 1 heterocycles. The molecule has 0 unspecified atom stereocenters. The highest BCUT2D eigenvalue weighted by Gasteiger charge is 2.13. The van der Waals surface area contributed by atoms with E-state index in [-0.39, 0.29) is 0 Å². The molecule has 0 aromatic heterocycles. The maximum absolute atomic E-state index is 10.6. The molecule has 0 radical (unpaired) electrons. The Morgan fingerprint density at radius 2 is 1.50 bits per heavy atom. The van der Waals surface area contributed by atoms with E-state index in [1.807, 2.05) is 0 Å². The molecule has 0 spiro atoms. The summed E-state index contributed by atoms with van der Waals surface area (Å²) >= 11 is 8.80. The average Bonchev–Trinajstić information content (AvgIpc) is 1.85. The smallest absolute Gasteiger partial charge is 0.313 e. The van der Waals surface area contributed by atoms with Crippen molar-refractivity contribution in [3.8, 4) is 0 Å². The van der Waals surface area contributed by atoms with Gasteiger partial charge in [0, 0.05) is 13.1 Å². The fraction of sp³-hybridized carbons (Fsp3) is 0.800. The van der Waals surface area contributed by atoms with Gasteiger partial charge in [-0.2, -0.15) is 0 Å². The van der Waals surface area contributed by atoms with Gasteiger partial charge in [-0.3, -0.25) is 4.79 Å². The standard InChI is InChI=1S/C4H9NO2S.CCl2O/c6-8(7)3-1-5-2-4-8;2-1(3)4/h5H,1-4H2;. The van der Waals surface area contributed by atoms with Crippen molar-refractivity contribution in [2.45, 2.75) is 0 Å². The zero-order valence-corrected chi connectivity index (χ0v) is 8.55. The van der Waals surface area contributed by atoms with Gasteiger partial charge in [0.1, 0.15) is 0 Å². The molecule has 0 aromatic carbocycles. The van der Waals surface area contributed by atoms with Crippen LogP contribution in [0.5, 0.6) is 0 Å². The van der Waals surface area contributed by atoms with Crippen molar-refractivity contribution in [1.29, 1.82) is 0 Å². The second-order valence-corrected chi connectivity index (χ2v) is 5.31. The lowest BCUT2D eigenvalue weighted by molar-refractivity contribution is 0.275. The second kappa shape index (κ2) is 5.75. The van der Waals surface area contributed by atoms with Gasteiger partial charge in [0.15, 0.2) is 9.84 Å². The molecule has 1 fully saturated rings. The topological polar surface area (TPSA) is 63.2 Å². The Morgan fingerprint density at radius 1 is 1.17 bits per heavy atom. The molecule has 72 valence electrons. The molecule has 0 saturated carbocycles. The normalized spacial score (nSPS) is 20.5. The first-order valence-electron chi connectivity index (χ1n) is 3.20. The molecular formula is C5H9Cl2NO3S. The summed E-state index contributed by atoms with van der Waals surface area (Å²) in [5.41, 5.74) is 0. The Morgan fingerprint density at radius 3 is 1.67 bits per heavy atom. The SMILES string of the molecule is O=C(Cl)Cl.O=S1(=O)CCNCC1. The molecule has 1 saturated heterocycles. The largest absolute Gasteiger partial charge is 0.315 e. The third-order valence-electron chi connectivity index (χ3n) is 1.18. The first-order valence-corrected chi connectivity index (χ1v) is 5.78. The maximum Gasteiger partial charge on any atom is 0.313 e. The van der Waals surface area contributed by atoms with Crippen LogP contribution in [0.2, 0.25) is 0 Å². The van der Waals surface area contributed by atoms with Gasteiger partial charge in [0.25, 0.3) is 0 Å². The van der Waals surface area contributed by atoms with Gasteiger partial charge in [-0.1, -0.05) is 0 Å². The average molecular weight is 234 g/mol. The van der Waals surface area contributed by atoms with E-state index in [9.17, 15) is 8.42 Å². The van der Waals surface area contributed by atoms with Crippen LogP contribution in [0.15, 0.2) is 0 Å². The molecule has 1 aliphatic heterocycles. The first-order chi connectivity index (χ1) is 5.44. The lowest BCUT2D eigenvalue weighted by Gasteiger charge is -2.10. The van der Waals surface area contributed by atoms with Gasteiger partial charge in [-0.15, -0.1) is 0 Å². The predicted molar refractivity (Wildman–Crippen MR) is 48.6 cm³/mol. The van der Waals surface area contributed by atoms with Crippen LogP contribution < -0.4 is 5.32 Å². The van der Waals surface area contributed by atoms with E-state index >= 15 is 0 Å². The highest BCUT2D eigenvalue weighted by atomic mass is 35.5. The highest BCUT2D eigenvalue weighted by Crippen LogP contribution is 1.91. The van der Waals surface area contributed by atoms with Crippen molar-refractivity contribution in [3.05, 3.63) is 0 Å². The molecule has 0 atom stereocenters. The van der Waals surface area contributed by atoms with Gasteiger partial charge >= 0.3 is 4.70 Å². The van der Waals surface area contributed by atoms with E-state index in [1.165, 1.54) is 0 Å². The number of rotatable bonds is 0. The van der Waals surface area contributed by atoms with Crippen molar-refractivity contribution < 1.29 is 13.2 Å². The van der Waals surface area contributed by atoms with Crippen LogP contribution in [-0.2, 0) is 9.84 Å². The molecule has 0 aromatic rings. The molecule has 1 N–H and O–H groups in total. The number of sulfone groups is 1. The van der Waals surface area contributed by atoms with E-state index in [0.717, 1.165) is 0 Å². The molecule has 12 heavy (non-hydrogen) atoms. The number of halogens is 2. The summed E-state index contributed by atoms with van der Waals surface area (Å²) in [5, 5.41) is 2.96. The fourth-order valence-corrected chi connectivity index (χ4v) is 1.80. The molecule has 1 aliphatic rings. The van der Waals surface area contributed by atoms with E-state index in [2.05, 4.69) is 28.5 Å². The summed E-state index contributed by atoms with van der Waals surface area (Å²) in [6, 6.07) is 0. The van der Waals surface area contributed by atoms with Crippen molar-refractivity contribution >= 4 is 37.7 Å². The number of nitrogens with one attached hydrogen (secondary N) is 1. The minimum Gasteiger partial charge on any atom is -0.315 e. The number of carbonyl (C=O) groups is 1. The Balaban J connectivity index is 0.000000261. The molecular weight excluding hydrogens is 225 g/mol. The van der Waals surface area contributed by atoms with Gasteiger partial charge in [0.2, 0.25) is 0 Å². The van der Waals surface area contributed by atoms with E-state index in [1.54, 1.807) is 0 Å². The highest BCUT2D eigenvalue weighted by molar-refractivity contribution is 7.91. The van der Waals surface area contributed by atoms with Crippen molar-refractivity contribution in [2.24, 2.45) is 0 Å². The number of hydrogen-bond donors (Lipinski definition) is 1. The lowest BCUT2D eigenvalue weighted by Crippen LogP contribution is -2.35. The Kier molecular flexibility index (Phi) is 5.82.